The predicted octanol–water partition coefficient (Wildman–Crippen LogP) is 1.41. The van der Waals surface area contributed by atoms with Crippen LogP contribution in [0.5, 0.6) is 5.75 Å². The molecule has 1 aromatic carbocycles. The largest absolute Gasteiger partial charge is 0.497 e. The topological polar surface area (TPSA) is 38.3 Å². The second-order valence-corrected chi connectivity index (χ2v) is 2.84. The van der Waals surface area contributed by atoms with Crippen molar-refractivity contribution in [3.63, 3.8) is 0 Å². The third-order valence-corrected chi connectivity index (χ3v) is 2.06. The summed E-state index contributed by atoms with van der Waals surface area (Å²) in [6.45, 7) is 3.73. The van der Waals surface area contributed by atoms with Gasteiger partial charge in [0.2, 0.25) is 0 Å². The summed E-state index contributed by atoms with van der Waals surface area (Å²) in [6, 6.07) is 5.35. The summed E-state index contributed by atoms with van der Waals surface area (Å²) in [6.07, 6.45) is 0. The molecule has 1 amide bonds. The number of hydrogen-bond acceptors (Lipinski definition) is 2. The molecular formula is C10H9NO2. The van der Waals surface area contributed by atoms with Crippen molar-refractivity contribution in [3.8, 4) is 5.75 Å². The lowest BCUT2D eigenvalue weighted by atomic mass is 10.1. The molecule has 1 aliphatic rings. The molecule has 0 spiro atoms. The maximum absolute atomic E-state index is 11.3. The van der Waals surface area contributed by atoms with Gasteiger partial charge in [-0.3, -0.25) is 4.79 Å². The van der Waals surface area contributed by atoms with E-state index in [4.69, 9.17) is 4.74 Å². The Hall–Kier alpha value is -1.77. The summed E-state index contributed by atoms with van der Waals surface area (Å²) >= 11 is 0. The number of nitrogens with one attached hydrogen (secondary N) is 1. The lowest BCUT2D eigenvalue weighted by Gasteiger charge is -2.00. The molecule has 0 saturated heterocycles. The van der Waals surface area contributed by atoms with Gasteiger partial charge in [-0.2, -0.15) is 0 Å². The van der Waals surface area contributed by atoms with Gasteiger partial charge in [0.05, 0.1) is 12.7 Å². The fraction of sp³-hybridized carbons (Fsp3) is 0.100. The highest BCUT2D eigenvalue weighted by Gasteiger charge is 2.22. The van der Waals surface area contributed by atoms with Crippen molar-refractivity contribution in [2.75, 3.05) is 7.11 Å². The molecule has 3 nitrogen and oxygen atoms in total. The van der Waals surface area contributed by atoms with E-state index in [2.05, 4.69) is 11.9 Å². The highest BCUT2D eigenvalue weighted by molar-refractivity contribution is 6.09. The van der Waals surface area contributed by atoms with Gasteiger partial charge in [-0.15, -0.1) is 0 Å². The van der Waals surface area contributed by atoms with Crippen LogP contribution in [0, 0.1) is 0 Å². The van der Waals surface area contributed by atoms with Crippen LogP contribution in [-0.2, 0) is 0 Å². The highest BCUT2D eigenvalue weighted by atomic mass is 16.5. The van der Waals surface area contributed by atoms with Crippen LogP contribution in [0.15, 0.2) is 24.8 Å². The summed E-state index contributed by atoms with van der Waals surface area (Å²) in [7, 11) is 1.57. The minimum Gasteiger partial charge on any atom is -0.497 e. The lowest BCUT2D eigenvalue weighted by molar-refractivity contribution is 0.0981. The number of fused-ring (bicyclic) bond motifs is 1. The third-order valence-electron chi connectivity index (χ3n) is 2.06. The number of carbonyl (C=O) groups excluding carboxylic acids is 1. The van der Waals surface area contributed by atoms with Crippen LogP contribution in [0.4, 0.5) is 0 Å². The van der Waals surface area contributed by atoms with Gasteiger partial charge in [0.25, 0.3) is 5.91 Å². The molecule has 1 aromatic rings. The van der Waals surface area contributed by atoms with Gasteiger partial charge in [-0.25, -0.2) is 0 Å². The Kier molecular flexibility index (Phi) is 1.59. The Morgan fingerprint density at radius 3 is 2.85 bits per heavy atom. The van der Waals surface area contributed by atoms with Gasteiger partial charge >= 0.3 is 0 Å². The molecule has 0 unspecified atom stereocenters. The van der Waals surface area contributed by atoms with Gasteiger partial charge in [0.1, 0.15) is 5.75 Å². The van der Waals surface area contributed by atoms with Crippen LogP contribution in [-0.4, -0.2) is 13.0 Å². The van der Waals surface area contributed by atoms with E-state index in [1.165, 1.54) is 0 Å². The Morgan fingerprint density at radius 1 is 1.38 bits per heavy atom. The summed E-state index contributed by atoms with van der Waals surface area (Å²) in [5, 5.41) is 2.64. The molecule has 3 heteroatoms. The Labute approximate surface area is 76.0 Å². The zero-order valence-electron chi connectivity index (χ0n) is 7.26. The minimum atomic E-state index is -0.112. The standard InChI is InChI=1S/C10H9NO2/c1-6-8-4-3-7(13-2)5-9(8)10(12)11-6/h3-5H,1H2,2H3,(H,11,12). The third kappa shape index (κ3) is 1.09. The van der Waals surface area contributed by atoms with Crippen molar-refractivity contribution >= 4 is 11.6 Å². The van der Waals surface area contributed by atoms with E-state index < -0.39 is 0 Å². The van der Waals surface area contributed by atoms with Crippen LogP contribution >= 0.6 is 0 Å². The molecular weight excluding hydrogens is 166 g/mol. The Bertz CT molecular complexity index is 396. The first-order valence-corrected chi connectivity index (χ1v) is 3.91. The van der Waals surface area contributed by atoms with Gasteiger partial charge in [-0.1, -0.05) is 6.58 Å². The summed E-state index contributed by atoms with van der Waals surface area (Å²) in [5.74, 6) is 0.572. The van der Waals surface area contributed by atoms with Crippen molar-refractivity contribution in [1.29, 1.82) is 0 Å². The summed E-state index contributed by atoms with van der Waals surface area (Å²) < 4.78 is 5.01. The van der Waals surface area contributed by atoms with Crippen molar-refractivity contribution in [1.82, 2.24) is 5.32 Å². The number of hydrogen-bond donors (Lipinski definition) is 1. The first-order valence-electron chi connectivity index (χ1n) is 3.91. The fourth-order valence-electron chi connectivity index (χ4n) is 1.37. The van der Waals surface area contributed by atoms with Crippen LogP contribution in [0.1, 0.15) is 15.9 Å². The zero-order chi connectivity index (χ0) is 9.42. The van der Waals surface area contributed by atoms with Crippen molar-refractivity contribution in [3.05, 3.63) is 35.9 Å². The second kappa shape index (κ2) is 2.62. The number of ether oxygens (including phenoxy) is 1. The van der Waals surface area contributed by atoms with E-state index >= 15 is 0 Å². The summed E-state index contributed by atoms with van der Waals surface area (Å²) in [4.78, 5) is 11.3. The predicted molar refractivity (Wildman–Crippen MR) is 49.5 cm³/mol. The SMILES string of the molecule is C=C1NC(=O)c2cc(OC)ccc21. The van der Waals surface area contributed by atoms with E-state index in [1.807, 2.05) is 12.1 Å². The van der Waals surface area contributed by atoms with Crippen LogP contribution in [0.2, 0.25) is 0 Å². The van der Waals surface area contributed by atoms with Crippen molar-refractivity contribution < 1.29 is 9.53 Å². The molecule has 0 aromatic heterocycles. The fourth-order valence-corrected chi connectivity index (χ4v) is 1.37. The molecule has 66 valence electrons. The van der Waals surface area contributed by atoms with E-state index in [-0.39, 0.29) is 5.91 Å². The minimum absolute atomic E-state index is 0.112. The lowest BCUT2D eigenvalue weighted by Crippen LogP contribution is -2.11. The Morgan fingerprint density at radius 2 is 2.15 bits per heavy atom. The molecule has 0 radical (unpaired) electrons. The van der Waals surface area contributed by atoms with E-state index in [9.17, 15) is 4.79 Å². The maximum Gasteiger partial charge on any atom is 0.256 e. The number of amides is 1. The molecule has 0 saturated carbocycles. The number of methoxy groups -OCH3 is 1. The maximum atomic E-state index is 11.3. The molecule has 0 aliphatic carbocycles. The molecule has 1 N–H and O–H groups in total. The molecule has 1 aliphatic heterocycles. The summed E-state index contributed by atoms with van der Waals surface area (Å²) in [5.41, 5.74) is 2.14. The van der Waals surface area contributed by atoms with Gasteiger partial charge in [0, 0.05) is 11.3 Å². The van der Waals surface area contributed by atoms with Crippen LogP contribution in [0.25, 0.3) is 5.70 Å². The molecule has 1 heterocycles. The normalized spacial score (nSPS) is 13.9. The number of carbonyl (C=O) groups is 1. The van der Waals surface area contributed by atoms with E-state index in [0.29, 0.717) is 17.0 Å². The number of rotatable bonds is 1. The molecule has 0 bridgehead atoms. The van der Waals surface area contributed by atoms with E-state index in [0.717, 1.165) is 5.56 Å². The van der Waals surface area contributed by atoms with Crippen molar-refractivity contribution in [2.24, 2.45) is 0 Å². The van der Waals surface area contributed by atoms with Gasteiger partial charge in [-0.05, 0) is 18.2 Å². The first-order chi connectivity index (χ1) is 6.22. The van der Waals surface area contributed by atoms with Crippen LogP contribution < -0.4 is 10.1 Å². The average Bonchev–Trinajstić information content (AvgIpc) is 2.42. The number of benzene rings is 1. The molecule has 0 atom stereocenters. The van der Waals surface area contributed by atoms with Crippen LogP contribution in [0.3, 0.4) is 0 Å². The molecule has 0 fully saturated rings. The first kappa shape index (κ1) is 7.86. The average molecular weight is 175 g/mol. The zero-order valence-corrected chi connectivity index (χ0v) is 7.26. The smallest absolute Gasteiger partial charge is 0.256 e. The highest BCUT2D eigenvalue weighted by Crippen LogP contribution is 2.26. The van der Waals surface area contributed by atoms with Crippen molar-refractivity contribution in [2.45, 2.75) is 0 Å². The second-order valence-electron chi connectivity index (χ2n) is 2.84. The van der Waals surface area contributed by atoms with E-state index in [1.54, 1.807) is 13.2 Å². The monoisotopic (exact) mass is 175 g/mol. The quantitative estimate of drug-likeness (QED) is 0.700. The molecule has 2 rings (SSSR count). The van der Waals surface area contributed by atoms with Gasteiger partial charge in [0.15, 0.2) is 0 Å². The Balaban J connectivity index is 2.58. The molecule has 13 heavy (non-hydrogen) atoms. The van der Waals surface area contributed by atoms with Gasteiger partial charge < -0.3 is 10.1 Å².